The Morgan fingerprint density at radius 3 is 1.33 bits per heavy atom. The van der Waals surface area contributed by atoms with E-state index in [-0.39, 0.29) is 22.6 Å². The first-order chi connectivity index (χ1) is 1.73. The molecule has 0 rings (SSSR count). The number of hydrogen-bond donors (Lipinski definition) is 1. The SMILES string of the molecule is O=S([O-])[O-].[NH4+].[Ni]. The fraction of sp³-hybridized carbons (Fsp3) is 0. The first-order valence-corrected chi connectivity index (χ1v) is 1.50. The predicted octanol–water partition coefficient (Wildman–Crippen LogP) is -0.630. The average molecular weight is 157 g/mol. The second kappa shape index (κ2) is 9.10. The Bertz CT molecular complexity index is 33.8. The van der Waals surface area contributed by atoms with E-state index in [4.69, 9.17) is 13.3 Å². The van der Waals surface area contributed by atoms with E-state index in [1.54, 1.807) is 0 Å². The number of rotatable bonds is 0. The molecule has 0 heterocycles. The summed E-state index contributed by atoms with van der Waals surface area (Å²) in [6, 6.07) is 0. The van der Waals surface area contributed by atoms with Gasteiger partial charge in [0.1, 0.15) is 0 Å². The summed E-state index contributed by atoms with van der Waals surface area (Å²) in [4.78, 5) is 0. The number of quaternary nitrogens is 1. The molecule has 0 saturated heterocycles. The van der Waals surface area contributed by atoms with Crippen LogP contribution in [0, 0.1) is 0 Å². The summed E-state index contributed by atoms with van der Waals surface area (Å²) < 4.78 is 25.3. The van der Waals surface area contributed by atoms with E-state index >= 15 is 0 Å². The molecule has 0 radical (unpaired) electrons. The van der Waals surface area contributed by atoms with E-state index in [0.717, 1.165) is 0 Å². The van der Waals surface area contributed by atoms with Crippen LogP contribution < -0.4 is 6.15 Å². The summed E-state index contributed by atoms with van der Waals surface area (Å²) in [6.07, 6.45) is 0. The Hall–Kier alpha value is 0.524. The minimum atomic E-state index is -3.11. The van der Waals surface area contributed by atoms with Crippen molar-refractivity contribution in [3.05, 3.63) is 0 Å². The van der Waals surface area contributed by atoms with Crippen LogP contribution in [0.25, 0.3) is 0 Å². The van der Waals surface area contributed by atoms with Gasteiger partial charge >= 0.3 is 0 Å². The molecule has 4 N–H and O–H groups in total. The fourth-order valence-corrected chi connectivity index (χ4v) is 0. The summed E-state index contributed by atoms with van der Waals surface area (Å²) in [7, 11) is 0. The van der Waals surface area contributed by atoms with Crippen LogP contribution in [0.5, 0.6) is 0 Å². The monoisotopic (exact) mass is 156 g/mol. The van der Waals surface area contributed by atoms with E-state index in [1.807, 2.05) is 0 Å². The molecule has 0 bridgehead atoms. The Morgan fingerprint density at radius 1 is 1.33 bits per heavy atom. The maximum atomic E-state index is 8.44. The molecular weight excluding hydrogens is 153 g/mol. The second-order valence-corrected chi connectivity index (χ2v) is 0.612. The molecule has 0 aliphatic rings. The first kappa shape index (κ1) is 16.0. The molecule has 0 aliphatic carbocycles. The van der Waals surface area contributed by atoms with Gasteiger partial charge in [0.2, 0.25) is 0 Å². The molecule has 0 fully saturated rings. The van der Waals surface area contributed by atoms with Crippen LogP contribution in [0.2, 0.25) is 0 Å². The van der Waals surface area contributed by atoms with Gasteiger partial charge in [-0.15, -0.1) is 11.4 Å². The summed E-state index contributed by atoms with van der Waals surface area (Å²) >= 11 is -3.11. The average Bonchev–Trinajstić information content (AvgIpc) is 0.811. The van der Waals surface area contributed by atoms with E-state index in [0.29, 0.717) is 0 Å². The van der Waals surface area contributed by atoms with Gasteiger partial charge in [-0.3, -0.25) is 4.21 Å². The molecule has 0 aromatic carbocycles. The molecule has 0 unspecified atom stereocenters. The third-order valence-corrected chi connectivity index (χ3v) is 0. The Labute approximate surface area is 47.9 Å². The smallest absolute Gasteiger partial charge is 0 e. The maximum Gasteiger partial charge on any atom is 0 e. The molecule has 4 nitrogen and oxygen atoms in total. The van der Waals surface area contributed by atoms with Crippen molar-refractivity contribution in [3.63, 3.8) is 0 Å². The van der Waals surface area contributed by atoms with Gasteiger partial charge in [-0.25, -0.2) is 0 Å². The molecule has 6 heavy (non-hydrogen) atoms. The molecule has 0 aromatic rings. The zero-order valence-electron chi connectivity index (χ0n) is 2.95. The van der Waals surface area contributed by atoms with E-state index in [9.17, 15) is 0 Å². The molecule has 6 heteroatoms. The van der Waals surface area contributed by atoms with Crippen LogP contribution >= 0.6 is 0 Å². The van der Waals surface area contributed by atoms with Gasteiger partial charge < -0.3 is 15.3 Å². The zero-order chi connectivity index (χ0) is 3.58. The largest absolute Gasteiger partial charge is 0.784 e. The van der Waals surface area contributed by atoms with Crippen molar-refractivity contribution in [2.75, 3.05) is 0 Å². The summed E-state index contributed by atoms with van der Waals surface area (Å²) in [5.74, 6) is 0. The Kier molecular flexibility index (Phi) is 24.3. The van der Waals surface area contributed by atoms with Crippen LogP contribution in [0.4, 0.5) is 0 Å². The third kappa shape index (κ3) is 205. The number of hydrogen-bond acceptors (Lipinski definition) is 3. The van der Waals surface area contributed by atoms with Crippen molar-refractivity contribution in [2.24, 2.45) is 0 Å². The summed E-state index contributed by atoms with van der Waals surface area (Å²) in [5.41, 5.74) is 0. The predicted molar refractivity (Wildman–Crippen MR) is 15.7 cm³/mol. The van der Waals surface area contributed by atoms with Gasteiger partial charge in [-0.2, -0.15) is 0 Å². The van der Waals surface area contributed by atoms with Gasteiger partial charge in [-0.05, 0) is 0 Å². The van der Waals surface area contributed by atoms with Crippen LogP contribution in [-0.4, -0.2) is 13.3 Å². The van der Waals surface area contributed by atoms with Gasteiger partial charge in [-0.1, -0.05) is 0 Å². The van der Waals surface area contributed by atoms with E-state index in [2.05, 4.69) is 0 Å². The van der Waals surface area contributed by atoms with Gasteiger partial charge in [0, 0.05) is 16.5 Å². The molecule has 0 saturated carbocycles. The van der Waals surface area contributed by atoms with Gasteiger partial charge in [0.15, 0.2) is 0 Å². The normalized spacial score (nSPS) is 5.83. The van der Waals surface area contributed by atoms with Crippen molar-refractivity contribution >= 4 is 11.4 Å². The van der Waals surface area contributed by atoms with Crippen molar-refractivity contribution in [1.82, 2.24) is 6.15 Å². The van der Waals surface area contributed by atoms with Crippen LogP contribution in [0.15, 0.2) is 0 Å². The minimum Gasteiger partial charge on any atom is -0.784 e. The van der Waals surface area contributed by atoms with Gasteiger partial charge in [0.05, 0.1) is 0 Å². The second-order valence-electron chi connectivity index (χ2n) is 0.204. The topological polar surface area (TPSA) is 99.7 Å². The first-order valence-electron chi connectivity index (χ1n) is 0.500. The maximum absolute atomic E-state index is 8.44. The quantitative estimate of drug-likeness (QED) is 0.374. The van der Waals surface area contributed by atoms with E-state index in [1.165, 1.54) is 0 Å². The molecule has 0 aromatic heterocycles. The Balaban J connectivity index is -0.0000000450. The van der Waals surface area contributed by atoms with Crippen LogP contribution in [0.1, 0.15) is 0 Å². The fourth-order valence-electron chi connectivity index (χ4n) is 0. The van der Waals surface area contributed by atoms with Gasteiger partial charge in [0.25, 0.3) is 0 Å². The standard InChI is InChI=1S/H3N.Ni.H2O3S/c;;1-4(2)3/h1H3;;(H2,1,2,3)/p-1. The Morgan fingerprint density at radius 2 is 1.33 bits per heavy atom. The molecule has 0 aliphatic heterocycles. The van der Waals surface area contributed by atoms with Crippen molar-refractivity contribution in [1.29, 1.82) is 0 Å². The molecule has 0 amide bonds. The molecule has 0 spiro atoms. The van der Waals surface area contributed by atoms with Crippen molar-refractivity contribution in [3.8, 4) is 0 Å². The zero-order valence-corrected chi connectivity index (χ0v) is 4.75. The van der Waals surface area contributed by atoms with Crippen LogP contribution in [0.3, 0.4) is 0 Å². The minimum absolute atomic E-state index is 0. The van der Waals surface area contributed by atoms with E-state index < -0.39 is 11.4 Å². The summed E-state index contributed by atoms with van der Waals surface area (Å²) in [5, 5.41) is 0. The molecular formula is H4NNiO3S-. The van der Waals surface area contributed by atoms with Crippen molar-refractivity contribution < 1.29 is 29.8 Å². The molecule has 44 valence electrons. The van der Waals surface area contributed by atoms with Crippen molar-refractivity contribution in [2.45, 2.75) is 0 Å². The molecule has 0 atom stereocenters. The van der Waals surface area contributed by atoms with Crippen LogP contribution in [-0.2, 0) is 27.9 Å². The summed E-state index contributed by atoms with van der Waals surface area (Å²) in [6.45, 7) is 0. The third-order valence-electron chi connectivity index (χ3n) is 0.